The van der Waals surface area contributed by atoms with Crippen LogP contribution < -0.4 is 4.74 Å². The maximum atomic E-state index is 6.06. The fraction of sp³-hybridized carbons (Fsp3) is 0.409. The molecular formula is C22H25ClN2O. The molecule has 0 N–H and O–H groups in total. The van der Waals surface area contributed by atoms with E-state index in [0.29, 0.717) is 6.54 Å². The van der Waals surface area contributed by atoms with Gasteiger partial charge in [0.2, 0.25) is 5.88 Å². The van der Waals surface area contributed by atoms with E-state index < -0.39 is 0 Å². The maximum absolute atomic E-state index is 6.06. The first-order valence-electron chi connectivity index (χ1n) is 9.62. The summed E-state index contributed by atoms with van der Waals surface area (Å²) in [5.74, 6) is 1.67. The average Bonchev–Trinajstić information content (AvgIpc) is 3.30. The number of fused-ring (bicyclic) bond motifs is 1. The van der Waals surface area contributed by atoms with E-state index in [1.807, 2.05) is 41.1 Å². The monoisotopic (exact) mass is 368 g/mol. The van der Waals surface area contributed by atoms with Gasteiger partial charge in [0.05, 0.1) is 24.1 Å². The van der Waals surface area contributed by atoms with Gasteiger partial charge < -0.3 is 4.74 Å². The number of rotatable bonds is 7. The van der Waals surface area contributed by atoms with E-state index in [9.17, 15) is 0 Å². The van der Waals surface area contributed by atoms with Crippen LogP contribution in [0.5, 0.6) is 5.88 Å². The predicted molar refractivity (Wildman–Crippen MR) is 107 cm³/mol. The SMILES string of the molecule is Clc1ccc(Cn2nc(OCCCC3CCCC3)c3ccccc32)cc1. The van der Waals surface area contributed by atoms with Crippen molar-refractivity contribution in [3.8, 4) is 5.88 Å². The Morgan fingerprint density at radius 2 is 1.81 bits per heavy atom. The smallest absolute Gasteiger partial charge is 0.240 e. The summed E-state index contributed by atoms with van der Waals surface area (Å²) in [6, 6.07) is 16.2. The highest BCUT2D eigenvalue weighted by molar-refractivity contribution is 6.30. The molecule has 3 nitrogen and oxygen atoms in total. The zero-order chi connectivity index (χ0) is 17.8. The lowest BCUT2D eigenvalue weighted by atomic mass is 10.0. The summed E-state index contributed by atoms with van der Waals surface area (Å²) >= 11 is 5.99. The fourth-order valence-electron chi connectivity index (χ4n) is 3.93. The molecule has 0 spiro atoms. The minimum Gasteiger partial charge on any atom is -0.476 e. The van der Waals surface area contributed by atoms with Gasteiger partial charge in [-0.15, -0.1) is 5.10 Å². The van der Waals surface area contributed by atoms with Crippen LogP contribution in [0.3, 0.4) is 0 Å². The van der Waals surface area contributed by atoms with E-state index in [1.165, 1.54) is 37.7 Å². The molecule has 0 saturated heterocycles. The minimum absolute atomic E-state index is 0.711. The number of hydrogen-bond donors (Lipinski definition) is 0. The van der Waals surface area contributed by atoms with E-state index in [2.05, 4.69) is 12.1 Å². The van der Waals surface area contributed by atoms with Crippen molar-refractivity contribution in [1.29, 1.82) is 0 Å². The van der Waals surface area contributed by atoms with Gasteiger partial charge in [-0.2, -0.15) is 0 Å². The number of halogens is 1. The predicted octanol–water partition coefficient (Wildman–Crippen LogP) is 6.09. The van der Waals surface area contributed by atoms with Gasteiger partial charge in [0.15, 0.2) is 0 Å². The molecule has 26 heavy (non-hydrogen) atoms. The largest absolute Gasteiger partial charge is 0.476 e. The quantitative estimate of drug-likeness (QED) is 0.472. The molecule has 136 valence electrons. The molecule has 0 aliphatic heterocycles. The second-order valence-corrected chi connectivity index (χ2v) is 7.68. The summed E-state index contributed by atoms with van der Waals surface area (Å²) in [6.45, 7) is 1.46. The molecule has 1 fully saturated rings. The summed E-state index contributed by atoms with van der Waals surface area (Å²) in [6.07, 6.45) is 8.01. The number of nitrogens with zero attached hydrogens (tertiary/aromatic N) is 2. The zero-order valence-electron chi connectivity index (χ0n) is 15.0. The molecule has 2 aromatic carbocycles. The summed E-state index contributed by atoms with van der Waals surface area (Å²) < 4.78 is 8.08. The van der Waals surface area contributed by atoms with Gasteiger partial charge in [-0.25, -0.2) is 0 Å². The summed E-state index contributed by atoms with van der Waals surface area (Å²) in [5, 5.41) is 6.58. The third kappa shape index (κ3) is 4.04. The molecule has 4 heteroatoms. The van der Waals surface area contributed by atoms with E-state index in [1.54, 1.807) is 0 Å². The summed E-state index contributed by atoms with van der Waals surface area (Å²) in [5.41, 5.74) is 2.28. The molecule has 1 heterocycles. The number of benzene rings is 2. The Balaban J connectivity index is 1.45. The molecule has 1 aliphatic carbocycles. The highest BCUT2D eigenvalue weighted by atomic mass is 35.5. The van der Waals surface area contributed by atoms with E-state index in [-0.39, 0.29) is 0 Å². The number of hydrogen-bond acceptors (Lipinski definition) is 2. The van der Waals surface area contributed by atoms with Crippen LogP contribution in [0, 0.1) is 5.92 Å². The third-order valence-corrected chi connectivity index (χ3v) is 5.59. The lowest BCUT2D eigenvalue weighted by Crippen LogP contribution is -2.04. The Kier molecular flexibility index (Phi) is 5.45. The molecule has 0 unspecified atom stereocenters. The van der Waals surface area contributed by atoms with Crippen molar-refractivity contribution in [2.75, 3.05) is 6.61 Å². The molecule has 1 aromatic heterocycles. The highest BCUT2D eigenvalue weighted by Crippen LogP contribution is 2.29. The molecule has 1 aliphatic rings. The Morgan fingerprint density at radius 3 is 2.62 bits per heavy atom. The lowest BCUT2D eigenvalue weighted by molar-refractivity contribution is 0.282. The third-order valence-electron chi connectivity index (χ3n) is 5.34. The van der Waals surface area contributed by atoms with Crippen molar-refractivity contribution in [3.05, 3.63) is 59.1 Å². The first-order valence-corrected chi connectivity index (χ1v) is 10.0. The molecule has 3 aromatic rings. The highest BCUT2D eigenvalue weighted by Gasteiger charge is 2.15. The van der Waals surface area contributed by atoms with Crippen LogP contribution in [0.1, 0.15) is 44.1 Å². The second kappa shape index (κ2) is 8.13. The molecule has 0 amide bonds. The van der Waals surface area contributed by atoms with Gasteiger partial charge in [0.25, 0.3) is 0 Å². The zero-order valence-corrected chi connectivity index (χ0v) is 15.8. The number of ether oxygens (including phenoxy) is 1. The molecular weight excluding hydrogens is 344 g/mol. The Hall–Kier alpha value is -2.00. The number of para-hydroxylation sites is 1. The van der Waals surface area contributed by atoms with Gasteiger partial charge in [-0.1, -0.05) is 61.5 Å². The van der Waals surface area contributed by atoms with Crippen LogP contribution in [0.4, 0.5) is 0 Å². The van der Waals surface area contributed by atoms with E-state index >= 15 is 0 Å². The molecule has 4 rings (SSSR count). The molecule has 1 saturated carbocycles. The Bertz CT molecular complexity index is 850. The van der Waals surface area contributed by atoms with Crippen LogP contribution in [-0.2, 0) is 6.54 Å². The van der Waals surface area contributed by atoms with Crippen LogP contribution >= 0.6 is 11.6 Å². The Morgan fingerprint density at radius 1 is 1.04 bits per heavy atom. The fourth-order valence-corrected chi connectivity index (χ4v) is 4.05. The standard InChI is InChI=1S/C22H25ClN2O/c23-19-13-11-18(12-14-19)16-25-21-10-4-3-9-20(21)22(24-25)26-15-5-8-17-6-1-2-7-17/h3-4,9-14,17H,1-2,5-8,15-16H2. The maximum Gasteiger partial charge on any atom is 0.240 e. The number of aromatic nitrogens is 2. The lowest BCUT2D eigenvalue weighted by Gasteiger charge is -2.08. The minimum atomic E-state index is 0.711. The summed E-state index contributed by atoms with van der Waals surface area (Å²) in [4.78, 5) is 0. The van der Waals surface area contributed by atoms with E-state index in [0.717, 1.165) is 40.8 Å². The van der Waals surface area contributed by atoms with Crippen LogP contribution in [0.25, 0.3) is 10.9 Å². The van der Waals surface area contributed by atoms with Crippen molar-refractivity contribution < 1.29 is 4.74 Å². The van der Waals surface area contributed by atoms with Gasteiger partial charge >= 0.3 is 0 Å². The van der Waals surface area contributed by atoms with Crippen molar-refractivity contribution in [2.24, 2.45) is 5.92 Å². The van der Waals surface area contributed by atoms with Gasteiger partial charge in [-0.3, -0.25) is 4.68 Å². The van der Waals surface area contributed by atoms with Crippen molar-refractivity contribution in [2.45, 2.75) is 45.1 Å². The average molecular weight is 369 g/mol. The topological polar surface area (TPSA) is 27.1 Å². The van der Waals surface area contributed by atoms with Gasteiger partial charge in [0, 0.05) is 5.02 Å². The normalized spacial score (nSPS) is 15.0. The Labute approximate surface area is 159 Å². The van der Waals surface area contributed by atoms with Crippen LogP contribution in [0.15, 0.2) is 48.5 Å². The molecule has 0 radical (unpaired) electrons. The summed E-state index contributed by atoms with van der Waals surface area (Å²) in [7, 11) is 0. The first kappa shape index (κ1) is 17.4. The van der Waals surface area contributed by atoms with Crippen molar-refractivity contribution in [1.82, 2.24) is 9.78 Å². The van der Waals surface area contributed by atoms with Gasteiger partial charge in [0.1, 0.15) is 0 Å². The van der Waals surface area contributed by atoms with Crippen molar-refractivity contribution >= 4 is 22.5 Å². The van der Waals surface area contributed by atoms with Crippen LogP contribution in [-0.4, -0.2) is 16.4 Å². The first-order chi connectivity index (χ1) is 12.8. The second-order valence-electron chi connectivity index (χ2n) is 7.25. The van der Waals surface area contributed by atoms with E-state index in [4.69, 9.17) is 21.4 Å². The molecule has 0 bridgehead atoms. The van der Waals surface area contributed by atoms with Gasteiger partial charge in [-0.05, 0) is 48.6 Å². The van der Waals surface area contributed by atoms with Crippen molar-refractivity contribution in [3.63, 3.8) is 0 Å². The molecule has 0 atom stereocenters. The van der Waals surface area contributed by atoms with Crippen LogP contribution in [0.2, 0.25) is 5.02 Å².